The van der Waals surface area contributed by atoms with Crippen LogP contribution in [0.4, 0.5) is 4.39 Å². The van der Waals surface area contributed by atoms with Crippen molar-refractivity contribution in [1.29, 1.82) is 5.26 Å². The number of tetrazole rings is 1. The third kappa shape index (κ3) is 4.38. The largest absolute Gasteiger partial charge is 0.465 e. The second-order valence-electron chi connectivity index (χ2n) is 6.32. The normalized spacial score (nSPS) is 11.2. The molecule has 0 unspecified atom stereocenters. The van der Waals surface area contributed by atoms with E-state index in [1.807, 2.05) is 24.3 Å². The Bertz CT molecular complexity index is 1270. The number of nitrogens with zero attached hydrogens (tertiary/aromatic N) is 5. The van der Waals surface area contributed by atoms with Crippen molar-refractivity contribution in [2.45, 2.75) is 6.61 Å². The van der Waals surface area contributed by atoms with Gasteiger partial charge in [0.2, 0.25) is 0 Å². The van der Waals surface area contributed by atoms with Crippen molar-refractivity contribution in [3.63, 3.8) is 0 Å². The summed E-state index contributed by atoms with van der Waals surface area (Å²) in [5.74, 6) is -0.703. The van der Waals surface area contributed by atoms with Gasteiger partial charge in [-0.2, -0.15) is 9.94 Å². The number of esters is 1. The van der Waals surface area contributed by atoms with Crippen LogP contribution in [-0.4, -0.2) is 26.2 Å². The minimum absolute atomic E-state index is 0.0318. The molecule has 2 heterocycles. The van der Waals surface area contributed by atoms with Crippen molar-refractivity contribution in [3.8, 4) is 17.5 Å². The van der Waals surface area contributed by atoms with E-state index in [0.717, 1.165) is 6.07 Å². The first kappa shape index (κ1) is 19.7. The first-order valence-electron chi connectivity index (χ1n) is 9.11. The summed E-state index contributed by atoms with van der Waals surface area (Å²) >= 11 is 0. The van der Waals surface area contributed by atoms with Crippen molar-refractivity contribution < 1.29 is 18.3 Å². The topological polar surface area (TPSA) is 107 Å². The molecular formula is C22H14FN5O3. The highest BCUT2D eigenvalue weighted by Gasteiger charge is 2.21. The molecule has 4 rings (SSSR count). The van der Waals surface area contributed by atoms with Gasteiger partial charge >= 0.3 is 5.97 Å². The maximum absolute atomic E-state index is 14.1. The number of aromatic nitrogens is 4. The predicted octanol–water partition coefficient (Wildman–Crippen LogP) is 3.69. The molecule has 2 aromatic heterocycles. The van der Waals surface area contributed by atoms with Crippen LogP contribution in [-0.2, 0) is 16.1 Å². The molecule has 0 aliphatic carbocycles. The summed E-state index contributed by atoms with van der Waals surface area (Å²) < 4.78 is 25.9. The van der Waals surface area contributed by atoms with E-state index in [1.54, 1.807) is 24.3 Å². The Balaban J connectivity index is 1.67. The minimum atomic E-state index is -0.803. The summed E-state index contributed by atoms with van der Waals surface area (Å²) in [6.07, 6.45) is 2.88. The average molecular weight is 415 g/mol. The Morgan fingerprint density at radius 3 is 2.77 bits per heavy atom. The van der Waals surface area contributed by atoms with E-state index in [9.17, 15) is 9.18 Å². The van der Waals surface area contributed by atoms with Crippen LogP contribution in [0.15, 0.2) is 71.3 Å². The summed E-state index contributed by atoms with van der Waals surface area (Å²) in [6, 6.07) is 18.1. The van der Waals surface area contributed by atoms with E-state index in [1.165, 1.54) is 29.2 Å². The molecule has 9 heteroatoms. The van der Waals surface area contributed by atoms with E-state index in [0.29, 0.717) is 17.1 Å². The van der Waals surface area contributed by atoms with Crippen LogP contribution >= 0.6 is 0 Å². The molecule has 4 aromatic rings. The van der Waals surface area contributed by atoms with E-state index in [2.05, 4.69) is 15.5 Å². The number of hydrogen-bond acceptors (Lipinski definition) is 7. The maximum Gasteiger partial charge on any atom is 0.357 e. The van der Waals surface area contributed by atoms with Crippen molar-refractivity contribution in [3.05, 3.63) is 89.6 Å². The quantitative estimate of drug-likeness (QED) is 0.349. The van der Waals surface area contributed by atoms with Gasteiger partial charge in [0.15, 0.2) is 11.5 Å². The fourth-order valence-corrected chi connectivity index (χ4v) is 2.80. The fourth-order valence-electron chi connectivity index (χ4n) is 2.80. The standard InChI is InChI=1S/C22H14FN5O3/c23-19-9-8-15(13-24)11-17(19)14-31-22(29)20(12-18-7-4-10-30-18)28-21(25-26-27-28)16-5-2-1-3-6-16/h1-12H,14H2/b20-12-. The number of hydrogen-bond donors (Lipinski definition) is 0. The number of furan rings is 1. The van der Waals surface area contributed by atoms with Gasteiger partial charge in [0.1, 0.15) is 18.2 Å². The second kappa shape index (κ2) is 8.84. The number of rotatable bonds is 6. The van der Waals surface area contributed by atoms with E-state index >= 15 is 0 Å². The predicted molar refractivity (Wildman–Crippen MR) is 107 cm³/mol. The monoisotopic (exact) mass is 415 g/mol. The molecule has 0 saturated carbocycles. The van der Waals surface area contributed by atoms with E-state index < -0.39 is 11.8 Å². The zero-order valence-electron chi connectivity index (χ0n) is 16.0. The average Bonchev–Trinajstić information content (AvgIpc) is 3.49. The Morgan fingerprint density at radius 2 is 2.03 bits per heavy atom. The van der Waals surface area contributed by atoms with Crippen LogP contribution in [0, 0.1) is 17.1 Å². The molecule has 0 N–H and O–H groups in total. The SMILES string of the molecule is N#Cc1ccc(F)c(COC(=O)/C(=C/c2ccco2)n2nnnc2-c2ccccc2)c1. The third-order valence-electron chi connectivity index (χ3n) is 4.29. The van der Waals surface area contributed by atoms with Gasteiger partial charge in [-0.15, -0.1) is 5.10 Å². The molecule has 0 saturated heterocycles. The summed E-state index contributed by atoms with van der Waals surface area (Å²) in [6.45, 7) is -0.377. The highest BCUT2D eigenvalue weighted by Crippen LogP contribution is 2.22. The lowest BCUT2D eigenvalue weighted by Gasteiger charge is -2.10. The molecule has 0 aliphatic rings. The molecule has 0 spiro atoms. The Kier molecular flexibility index (Phi) is 5.62. The maximum atomic E-state index is 14.1. The van der Waals surface area contributed by atoms with Crippen LogP contribution in [0.1, 0.15) is 16.9 Å². The van der Waals surface area contributed by atoms with Gasteiger partial charge in [0.25, 0.3) is 0 Å². The van der Waals surface area contributed by atoms with Gasteiger partial charge in [-0.25, -0.2) is 9.18 Å². The third-order valence-corrected chi connectivity index (χ3v) is 4.29. The molecule has 0 bridgehead atoms. The molecule has 8 nitrogen and oxygen atoms in total. The first-order valence-corrected chi connectivity index (χ1v) is 9.11. The fraction of sp³-hybridized carbons (Fsp3) is 0.0455. The van der Waals surface area contributed by atoms with Crippen LogP contribution in [0.2, 0.25) is 0 Å². The Hall–Kier alpha value is -4.58. The minimum Gasteiger partial charge on any atom is -0.465 e. The number of benzene rings is 2. The Morgan fingerprint density at radius 1 is 1.19 bits per heavy atom. The zero-order chi connectivity index (χ0) is 21.6. The van der Waals surface area contributed by atoms with Crippen molar-refractivity contribution >= 4 is 17.7 Å². The number of nitriles is 1. The summed E-state index contributed by atoms with van der Waals surface area (Å²) in [4.78, 5) is 13.0. The highest BCUT2D eigenvalue weighted by atomic mass is 19.1. The van der Waals surface area contributed by atoms with Crippen LogP contribution in [0.25, 0.3) is 23.2 Å². The molecule has 2 aromatic carbocycles. The van der Waals surface area contributed by atoms with E-state index in [-0.39, 0.29) is 23.4 Å². The lowest BCUT2D eigenvalue weighted by molar-refractivity contribution is -0.138. The van der Waals surface area contributed by atoms with Crippen LogP contribution in [0.3, 0.4) is 0 Å². The van der Waals surface area contributed by atoms with Crippen molar-refractivity contribution in [1.82, 2.24) is 20.2 Å². The zero-order valence-corrected chi connectivity index (χ0v) is 16.0. The molecule has 0 radical (unpaired) electrons. The smallest absolute Gasteiger partial charge is 0.357 e. The summed E-state index contributed by atoms with van der Waals surface area (Å²) in [5, 5.41) is 20.6. The van der Waals surface area contributed by atoms with Crippen LogP contribution in [0.5, 0.6) is 0 Å². The molecule has 152 valence electrons. The molecular weight excluding hydrogens is 401 g/mol. The van der Waals surface area contributed by atoms with Gasteiger partial charge in [0, 0.05) is 17.2 Å². The van der Waals surface area contributed by atoms with Crippen molar-refractivity contribution in [2.24, 2.45) is 0 Å². The lowest BCUT2D eigenvalue weighted by atomic mass is 10.1. The second-order valence-corrected chi connectivity index (χ2v) is 6.32. The van der Waals surface area contributed by atoms with Crippen molar-refractivity contribution in [2.75, 3.05) is 0 Å². The van der Waals surface area contributed by atoms with Gasteiger partial charge in [-0.1, -0.05) is 30.3 Å². The summed E-state index contributed by atoms with van der Waals surface area (Å²) in [7, 11) is 0. The molecule has 0 atom stereocenters. The van der Waals surface area contributed by atoms with Gasteiger partial charge in [-0.05, 0) is 40.8 Å². The molecule has 0 amide bonds. The summed E-state index contributed by atoms with van der Waals surface area (Å²) in [5.41, 5.74) is 0.976. The van der Waals surface area contributed by atoms with Gasteiger partial charge < -0.3 is 9.15 Å². The number of ether oxygens (including phenoxy) is 1. The number of carbonyl (C=O) groups is 1. The molecule has 0 fully saturated rings. The van der Waals surface area contributed by atoms with Gasteiger partial charge in [-0.3, -0.25) is 0 Å². The molecule has 0 aliphatic heterocycles. The number of carbonyl (C=O) groups excluding carboxylic acids is 1. The Labute approximate surface area is 175 Å². The number of halogens is 1. The lowest BCUT2D eigenvalue weighted by Crippen LogP contribution is -2.15. The molecule has 31 heavy (non-hydrogen) atoms. The van der Waals surface area contributed by atoms with E-state index in [4.69, 9.17) is 14.4 Å². The van der Waals surface area contributed by atoms with Gasteiger partial charge in [0.05, 0.1) is 17.9 Å². The first-order chi connectivity index (χ1) is 15.2. The highest BCUT2D eigenvalue weighted by molar-refractivity contribution is 6.15. The van der Waals surface area contributed by atoms with Crippen LogP contribution < -0.4 is 0 Å².